The van der Waals surface area contributed by atoms with Gasteiger partial charge in [-0.25, -0.2) is 0 Å². The van der Waals surface area contributed by atoms with Crippen molar-refractivity contribution < 1.29 is 18.1 Å². The minimum absolute atomic E-state index is 0.147. The average Bonchev–Trinajstić information content (AvgIpc) is 2.68. The van der Waals surface area contributed by atoms with Crippen molar-refractivity contribution in [3.05, 3.63) is 0 Å². The van der Waals surface area contributed by atoms with E-state index in [1.807, 2.05) is 6.92 Å². The summed E-state index contributed by atoms with van der Waals surface area (Å²) in [6.45, 7) is 4.09. The molecule has 0 fully saturated rings. The van der Waals surface area contributed by atoms with Gasteiger partial charge < -0.3 is 5.11 Å². The van der Waals surface area contributed by atoms with Gasteiger partial charge in [-0.15, -0.1) is 0 Å². The van der Waals surface area contributed by atoms with Crippen LogP contribution in [0, 0.1) is 0 Å². The van der Waals surface area contributed by atoms with Gasteiger partial charge in [0.15, 0.2) is 0 Å². The molecule has 0 amide bonds. The maximum absolute atomic E-state index is 11.4. The fourth-order valence-corrected chi connectivity index (χ4v) is 4.89. The highest BCUT2D eigenvalue weighted by Gasteiger charge is 2.24. The van der Waals surface area contributed by atoms with Crippen molar-refractivity contribution in [1.29, 1.82) is 0 Å². The molecule has 0 aliphatic heterocycles. The molecule has 176 valence electrons. The Bertz CT molecular complexity index is 436. The lowest BCUT2D eigenvalue weighted by atomic mass is 10.0. The summed E-state index contributed by atoms with van der Waals surface area (Å²) in [6, 6.07) is 0. The molecule has 0 aromatic carbocycles. The summed E-state index contributed by atoms with van der Waals surface area (Å²) in [5.74, 6) is 0. The number of aliphatic hydroxyl groups excluding tert-OH is 1. The third-order valence-electron chi connectivity index (χ3n) is 6.06. The molecule has 0 heterocycles. The van der Waals surface area contributed by atoms with Crippen LogP contribution in [0.1, 0.15) is 142 Å². The molecule has 5 heteroatoms. The van der Waals surface area contributed by atoms with Gasteiger partial charge in [-0.05, 0) is 19.3 Å². The molecule has 0 spiro atoms. The largest absolute Gasteiger partial charge is 0.393 e. The van der Waals surface area contributed by atoms with Crippen molar-refractivity contribution in [2.24, 2.45) is 0 Å². The molecule has 0 rings (SSSR count). The van der Waals surface area contributed by atoms with Gasteiger partial charge >= 0.3 is 0 Å². The summed E-state index contributed by atoms with van der Waals surface area (Å²) >= 11 is 0. The fourth-order valence-electron chi connectivity index (χ4n) is 3.96. The minimum Gasteiger partial charge on any atom is -0.393 e. The second-order valence-corrected chi connectivity index (χ2v) is 10.6. The molecule has 0 aromatic heterocycles. The summed E-state index contributed by atoms with van der Waals surface area (Å²) in [5, 5.41) is 8.85. The Kier molecular flexibility index (Phi) is 19.7. The fraction of sp³-hybridized carbons (Fsp3) is 1.00. The van der Waals surface area contributed by atoms with Gasteiger partial charge in [0.25, 0.3) is 10.1 Å². The van der Waals surface area contributed by atoms with Crippen LogP contribution in [-0.4, -0.2) is 29.4 Å². The van der Waals surface area contributed by atoms with Crippen LogP contribution in [0.4, 0.5) is 0 Å². The number of hydrogen-bond donors (Lipinski definition) is 2. The average molecular weight is 435 g/mol. The SMILES string of the molecule is CCCCCCCCCCCCCCCCCCCC(CC(O)CC)S(=O)(=O)O. The molecular formula is C24H50O4S. The van der Waals surface area contributed by atoms with E-state index >= 15 is 0 Å². The van der Waals surface area contributed by atoms with Crippen molar-refractivity contribution >= 4 is 10.1 Å². The van der Waals surface area contributed by atoms with E-state index in [1.165, 1.54) is 89.9 Å². The summed E-state index contributed by atoms with van der Waals surface area (Å²) < 4.78 is 32.2. The van der Waals surface area contributed by atoms with Crippen molar-refractivity contribution in [3.63, 3.8) is 0 Å². The third-order valence-corrected chi connectivity index (χ3v) is 7.33. The Morgan fingerprint density at radius 1 is 0.621 bits per heavy atom. The zero-order valence-electron chi connectivity index (χ0n) is 19.4. The molecule has 0 radical (unpaired) electrons. The predicted octanol–water partition coefficient (Wildman–Crippen LogP) is 7.45. The monoisotopic (exact) mass is 434 g/mol. The predicted molar refractivity (Wildman–Crippen MR) is 125 cm³/mol. The molecule has 0 aliphatic carbocycles. The standard InChI is InChI=1S/C24H50O4S/c1-3-5-6-7-8-9-10-11-12-13-14-15-16-17-18-19-20-21-24(29(26,27)28)22-23(25)4-2/h23-25H,3-22H2,1-2H3,(H,26,27,28). The first-order valence-electron chi connectivity index (χ1n) is 12.6. The quantitative estimate of drug-likeness (QED) is 0.137. The highest BCUT2D eigenvalue weighted by atomic mass is 32.2. The zero-order chi connectivity index (χ0) is 21.8. The molecule has 0 aliphatic rings. The second-order valence-electron chi connectivity index (χ2n) is 8.88. The smallest absolute Gasteiger partial charge is 0.267 e. The first-order chi connectivity index (χ1) is 13.9. The van der Waals surface area contributed by atoms with Gasteiger partial charge in [-0.2, -0.15) is 8.42 Å². The molecule has 2 N–H and O–H groups in total. The Labute approximate surface area is 182 Å². The molecule has 29 heavy (non-hydrogen) atoms. The van der Waals surface area contributed by atoms with Crippen molar-refractivity contribution in [3.8, 4) is 0 Å². The van der Waals surface area contributed by atoms with Crippen LogP contribution in [0.5, 0.6) is 0 Å². The Morgan fingerprint density at radius 3 is 1.28 bits per heavy atom. The molecule has 0 aromatic rings. The third kappa shape index (κ3) is 19.6. The Hall–Kier alpha value is -0.130. The Balaban J connectivity index is 3.42. The van der Waals surface area contributed by atoms with Gasteiger partial charge in [0.2, 0.25) is 0 Å². The van der Waals surface area contributed by atoms with Crippen molar-refractivity contribution in [1.82, 2.24) is 0 Å². The van der Waals surface area contributed by atoms with E-state index in [4.69, 9.17) is 0 Å². The summed E-state index contributed by atoms with van der Waals surface area (Å²) in [5.41, 5.74) is 0. The first kappa shape index (κ1) is 28.9. The van der Waals surface area contributed by atoms with E-state index in [2.05, 4.69) is 6.92 Å². The van der Waals surface area contributed by atoms with Gasteiger partial charge in [-0.1, -0.05) is 123 Å². The zero-order valence-corrected chi connectivity index (χ0v) is 20.2. The summed E-state index contributed by atoms with van der Waals surface area (Å²) in [7, 11) is -4.05. The van der Waals surface area contributed by atoms with Crippen molar-refractivity contribution in [2.45, 2.75) is 154 Å². The number of aliphatic hydroxyl groups is 1. The van der Waals surface area contributed by atoms with Crippen LogP contribution < -0.4 is 0 Å². The highest BCUT2D eigenvalue weighted by molar-refractivity contribution is 7.86. The number of unbranched alkanes of at least 4 members (excludes halogenated alkanes) is 16. The van der Waals surface area contributed by atoms with Crippen LogP contribution >= 0.6 is 0 Å². The van der Waals surface area contributed by atoms with Gasteiger partial charge in [0.1, 0.15) is 0 Å². The lowest BCUT2D eigenvalue weighted by molar-refractivity contribution is 0.156. The Morgan fingerprint density at radius 2 is 0.966 bits per heavy atom. The van der Waals surface area contributed by atoms with Gasteiger partial charge in [0, 0.05) is 0 Å². The normalized spacial score (nSPS) is 14.2. The highest BCUT2D eigenvalue weighted by Crippen LogP contribution is 2.19. The molecule has 0 saturated heterocycles. The van der Waals surface area contributed by atoms with Crippen LogP contribution in [0.15, 0.2) is 0 Å². The lowest BCUT2D eigenvalue weighted by Gasteiger charge is -2.16. The molecule has 0 bridgehead atoms. The topological polar surface area (TPSA) is 74.6 Å². The summed E-state index contributed by atoms with van der Waals surface area (Å²) in [6.07, 6.45) is 22.5. The minimum atomic E-state index is -4.05. The molecule has 2 unspecified atom stereocenters. The number of hydrogen-bond acceptors (Lipinski definition) is 3. The first-order valence-corrected chi connectivity index (χ1v) is 14.1. The molecular weight excluding hydrogens is 384 g/mol. The lowest BCUT2D eigenvalue weighted by Crippen LogP contribution is -2.25. The van der Waals surface area contributed by atoms with Crippen molar-refractivity contribution in [2.75, 3.05) is 0 Å². The van der Waals surface area contributed by atoms with Crippen LogP contribution in [-0.2, 0) is 10.1 Å². The maximum Gasteiger partial charge on any atom is 0.267 e. The van der Waals surface area contributed by atoms with Crippen LogP contribution in [0.25, 0.3) is 0 Å². The van der Waals surface area contributed by atoms with E-state index in [0.717, 1.165) is 19.3 Å². The maximum atomic E-state index is 11.4. The van der Waals surface area contributed by atoms with Gasteiger partial charge in [0.05, 0.1) is 11.4 Å². The molecule has 4 nitrogen and oxygen atoms in total. The van der Waals surface area contributed by atoms with E-state index in [0.29, 0.717) is 12.8 Å². The van der Waals surface area contributed by atoms with Gasteiger partial charge in [-0.3, -0.25) is 4.55 Å². The van der Waals surface area contributed by atoms with Crippen LogP contribution in [0.2, 0.25) is 0 Å². The van der Waals surface area contributed by atoms with E-state index in [-0.39, 0.29) is 6.42 Å². The summed E-state index contributed by atoms with van der Waals surface area (Å²) in [4.78, 5) is 0. The number of rotatable bonds is 22. The van der Waals surface area contributed by atoms with Crippen LogP contribution in [0.3, 0.4) is 0 Å². The van der Waals surface area contributed by atoms with E-state index < -0.39 is 21.5 Å². The molecule has 0 saturated carbocycles. The van der Waals surface area contributed by atoms with E-state index in [9.17, 15) is 18.1 Å². The van der Waals surface area contributed by atoms with E-state index in [1.54, 1.807) is 0 Å². The second kappa shape index (κ2) is 19.8. The molecule has 2 atom stereocenters.